The Morgan fingerprint density at radius 2 is 1.88 bits per heavy atom. The molecule has 0 radical (unpaired) electrons. The second-order valence-corrected chi connectivity index (χ2v) is 7.53. The second kappa shape index (κ2) is 9.60. The summed E-state index contributed by atoms with van der Waals surface area (Å²) < 4.78 is 18.4. The molecule has 2 heterocycles. The highest BCUT2D eigenvalue weighted by Gasteiger charge is 2.27. The van der Waals surface area contributed by atoms with Crippen molar-refractivity contribution in [3.8, 4) is 17.2 Å². The Labute approximate surface area is 191 Å². The maximum atomic E-state index is 12.4. The summed E-state index contributed by atoms with van der Waals surface area (Å²) in [5.74, 6) is 0.423. The van der Waals surface area contributed by atoms with Crippen LogP contribution in [0.25, 0.3) is 5.69 Å². The third-order valence-electron chi connectivity index (χ3n) is 5.29. The highest BCUT2D eigenvalue weighted by Crippen LogP contribution is 2.30. The van der Waals surface area contributed by atoms with Crippen LogP contribution in [0.3, 0.4) is 0 Å². The van der Waals surface area contributed by atoms with Gasteiger partial charge in [0.2, 0.25) is 6.10 Å². The molecule has 0 saturated heterocycles. The lowest BCUT2D eigenvalue weighted by Crippen LogP contribution is -2.42. The van der Waals surface area contributed by atoms with Gasteiger partial charge in [-0.1, -0.05) is 12.1 Å². The minimum Gasteiger partial charge on any atom is -0.485 e. The molecule has 2 aromatic carbocycles. The first-order valence-electron chi connectivity index (χ1n) is 10.7. The number of fused-ring (bicyclic) bond motifs is 1. The van der Waals surface area contributed by atoms with E-state index in [1.54, 1.807) is 37.4 Å². The van der Waals surface area contributed by atoms with Gasteiger partial charge >= 0.3 is 5.97 Å². The number of hydrogen-bond acceptors (Lipinski definition) is 6. The van der Waals surface area contributed by atoms with Crippen LogP contribution in [-0.4, -0.2) is 42.0 Å². The molecule has 1 amide bonds. The van der Waals surface area contributed by atoms with E-state index in [1.807, 2.05) is 48.7 Å². The Bertz CT molecular complexity index is 1200. The predicted molar refractivity (Wildman–Crippen MR) is 123 cm³/mol. The number of carbonyl (C=O) groups excluding carboxylic acids is 2. The van der Waals surface area contributed by atoms with Crippen molar-refractivity contribution in [2.75, 3.05) is 13.2 Å². The van der Waals surface area contributed by atoms with Crippen LogP contribution in [0.2, 0.25) is 0 Å². The third kappa shape index (κ3) is 4.74. The van der Waals surface area contributed by atoms with E-state index < -0.39 is 6.10 Å². The summed E-state index contributed by atoms with van der Waals surface area (Å²) in [6, 6.07) is 16.4. The fraction of sp³-hybridized carbons (Fsp3) is 0.240. The number of rotatable bonds is 6. The van der Waals surface area contributed by atoms with Crippen molar-refractivity contribution in [2.45, 2.75) is 26.9 Å². The van der Waals surface area contributed by atoms with Crippen LogP contribution in [-0.2, 0) is 9.53 Å². The summed E-state index contributed by atoms with van der Waals surface area (Å²) in [6.07, 6.45) is 0.823. The Morgan fingerprint density at radius 3 is 2.61 bits per heavy atom. The van der Waals surface area contributed by atoms with Crippen LogP contribution in [0.15, 0.2) is 59.7 Å². The number of hydrogen-bond donors (Lipinski definition) is 1. The minimum absolute atomic E-state index is 0.120. The lowest BCUT2D eigenvalue weighted by molar-refractivity contribution is -0.130. The van der Waals surface area contributed by atoms with E-state index in [0.717, 1.165) is 22.6 Å². The van der Waals surface area contributed by atoms with Crippen molar-refractivity contribution in [1.82, 2.24) is 9.99 Å². The van der Waals surface area contributed by atoms with Crippen molar-refractivity contribution < 1.29 is 23.8 Å². The first-order valence-corrected chi connectivity index (χ1v) is 10.7. The molecule has 3 aromatic rings. The summed E-state index contributed by atoms with van der Waals surface area (Å²) in [4.78, 5) is 24.3. The Kier molecular flexibility index (Phi) is 6.44. The lowest BCUT2D eigenvalue weighted by atomic mass is 10.2. The zero-order chi connectivity index (χ0) is 23.4. The smallest absolute Gasteiger partial charge is 0.338 e. The van der Waals surface area contributed by atoms with Crippen LogP contribution < -0.4 is 14.9 Å². The number of para-hydroxylation sites is 2. The molecule has 1 aliphatic heterocycles. The first-order chi connectivity index (χ1) is 16.0. The maximum absolute atomic E-state index is 12.4. The van der Waals surface area contributed by atoms with Gasteiger partial charge in [0.25, 0.3) is 5.91 Å². The van der Waals surface area contributed by atoms with Gasteiger partial charge in [0, 0.05) is 22.6 Å². The molecule has 4 rings (SSSR count). The number of aromatic nitrogens is 1. The van der Waals surface area contributed by atoms with Crippen LogP contribution in [0.1, 0.15) is 34.2 Å². The molecule has 0 fully saturated rings. The fourth-order valence-corrected chi connectivity index (χ4v) is 3.66. The van der Waals surface area contributed by atoms with Crippen LogP contribution in [0.4, 0.5) is 0 Å². The monoisotopic (exact) mass is 447 g/mol. The quantitative estimate of drug-likeness (QED) is 0.354. The van der Waals surface area contributed by atoms with Gasteiger partial charge in [0.1, 0.15) is 6.61 Å². The zero-order valence-electron chi connectivity index (χ0n) is 18.7. The Hall–Kier alpha value is -4.07. The topological polar surface area (TPSA) is 91.2 Å². The van der Waals surface area contributed by atoms with Gasteiger partial charge in [-0.25, -0.2) is 10.2 Å². The van der Waals surface area contributed by atoms with E-state index in [2.05, 4.69) is 10.5 Å². The molecule has 1 unspecified atom stereocenters. The average Bonchev–Trinajstić information content (AvgIpc) is 3.11. The molecular weight excluding hydrogens is 422 g/mol. The molecular formula is C25H25N3O5. The van der Waals surface area contributed by atoms with Crippen LogP contribution in [0.5, 0.6) is 11.5 Å². The molecule has 0 aliphatic carbocycles. The number of amides is 1. The lowest BCUT2D eigenvalue weighted by Gasteiger charge is -2.24. The van der Waals surface area contributed by atoms with E-state index in [9.17, 15) is 9.59 Å². The minimum atomic E-state index is -0.776. The zero-order valence-corrected chi connectivity index (χ0v) is 18.7. The van der Waals surface area contributed by atoms with Crippen molar-refractivity contribution in [3.63, 3.8) is 0 Å². The number of ether oxygens (including phenoxy) is 3. The molecule has 0 saturated carbocycles. The molecule has 1 atom stereocenters. The number of nitrogens with one attached hydrogen (secondary N) is 1. The normalized spacial score (nSPS) is 14.8. The summed E-state index contributed by atoms with van der Waals surface area (Å²) in [7, 11) is 0. The second-order valence-electron chi connectivity index (χ2n) is 7.53. The van der Waals surface area contributed by atoms with Crippen molar-refractivity contribution in [3.05, 3.63) is 77.1 Å². The van der Waals surface area contributed by atoms with Crippen LogP contribution >= 0.6 is 0 Å². The van der Waals surface area contributed by atoms with E-state index in [4.69, 9.17) is 14.2 Å². The van der Waals surface area contributed by atoms with Gasteiger partial charge in [-0.2, -0.15) is 5.10 Å². The van der Waals surface area contributed by atoms with Gasteiger partial charge in [-0.3, -0.25) is 4.79 Å². The number of aryl methyl sites for hydroxylation is 1. The molecule has 0 spiro atoms. The van der Waals surface area contributed by atoms with Gasteiger partial charge in [-0.05, 0) is 63.2 Å². The number of esters is 1. The van der Waals surface area contributed by atoms with Crippen molar-refractivity contribution in [1.29, 1.82) is 0 Å². The number of carbonyl (C=O) groups is 2. The first kappa shape index (κ1) is 22.1. The summed E-state index contributed by atoms with van der Waals surface area (Å²) in [5.41, 5.74) is 6.73. The molecule has 8 heteroatoms. The molecule has 0 bridgehead atoms. The number of benzene rings is 2. The average molecular weight is 447 g/mol. The standard InChI is InChI=1S/C25H25N3O5/c1-4-31-25(30)18-9-11-20(12-10-18)28-16(2)13-19(17(28)3)14-26-27-24(29)23-15-32-21-7-5-6-8-22(21)33-23/h5-14,23H,4,15H2,1-3H3,(H,27,29)/b26-14+. The largest absolute Gasteiger partial charge is 0.485 e. The van der Waals surface area contributed by atoms with Gasteiger partial charge < -0.3 is 18.8 Å². The van der Waals surface area contributed by atoms with Gasteiger partial charge in [-0.15, -0.1) is 0 Å². The predicted octanol–water partition coefficient (Wildman–Crippen LogP) is 3.56. The summed E-state index contributed by atoms with van der Waals surface area (Å²) >= 11 is 0. The van der Waals surface area contributed by atoms with E-state index in [-0.39, 0.29) is 18.5 Å². The fourth-order valence-electron chi connectivity index (χ4n) is 3.66. The van der Waals surface area contributed by atoms with Gasteiger partial charge in [0.15, 0.2) is 11.5 Å². The highest BCUT2D eigenvalue weighted by atomic mass is 16.6. The number of hydrazone groups is 1. The summed E-state index contributed by atoms with van der Waals surface area (Å²) in [6.45, 7) is 6.17. The Balaban J connectivity index is 1.43. The molecule has 33 heavy (non-hydrogen) atoms. The molecule has 1 aromatic heterocycles. The van der Waals surface area contributed by atoms with E-state index in [1.165, 1.54) is 0 Å². The van der Waals surface area contributed by atoms with Crippen molar-refractivity contribution in [2.24, 2.45) is 5.10 Å². The molecule has 8 nitrogen and oxygen atoms in total. The van der Waals surface area contributed by atoms with E-state index >= 15 is 0 Å². The van der Waals surface area contributed by atoms with Crippen LogP contribution in [0, 0.1) is 13.8 Å². The molecule has 1 N–H and O–H groups in total. The van der Waals surface area contributed by atoms with E-state index in [0.29, 0.717) is 23.7 Å². The van der Waals surface area contributed by atoms with Crippen molar-refractivity contribution >= 4 is 18.1 Å². The Morgan fingerprint density at radius 1 is 1.15 bits per heavy atom. The number of nitrogens with zero attached hydrogens (tertiary/aromatic N) is 2. The highest BCUT2D eigenvalue weighted by molar-refractivity contribution is 5.89. The molecule has 1 aliphatic rings. The SMILES string of the molecule is CCOC(=O)c1ccc(-n2c(C)cc(/C=N/NC(=O)C3COc4ccccc4O3)c2C)cc1. The third-order valence-corrected chi connectivity index (χ3v) is 5.29. The summed E-state index contributed by atoms with van der Waals surface area (Å²) in [5, 5.41) is 4.10. The van der Waals surface area contributed by atoms with Gasteiger partial charge in [0.05, 0.1) is 18.4 Å². The molecule has 170 valence electrons. The maximum Gasteiger partial charge on any atom is 0.338 e.